The molecule has 0 unspecified atom stereocenters. The third kappa shape index (κ3) is 0.936. The summed E-state index contributed by atoms with van der Waals surface area (Å²) < 4.78 is 4.93. The number of H-pyrrole nitrogens is 1. The minimum absolute atomic E-state index is 0.179. The first-order valence-corrected chi connectivity index (χ1v) is 2.94. The van der Waals surface area contributed by atoms with Gasteiger partial charge in [-0.1, -0.05) is 0 Å². The van der Waals surface area contributed by atoms with Crippen molar-refractivity contribution >= 4 is 5.95 Å². The normalized spacial score (nSPS) is 10.2. The molecule has 6 nitrogen and oxygen atoms in total. The number of nitrogen functional groups attached to an aromatic ring is 1. The summed E-state index contributed by atoms with van der Waals surface area (Å²) in [5.74, 6) is 1.000. The van der Waals surface area contributed by atoms with Crippen molar-refractivity contribution in [2.24, 2.45) is 0 Å². The molecule has 0 aliphatic carbocycles. The smallest absolute Gasteiger partial charge is 0.264 e. The van der Waals surface area contributed by atoms with E-state index in [0.717, 1.165) is 0 Å². The van der Waals surface area contributed by atoms with Gasteiger partial charge in [0.05, 0.1) is 6.20 Å². The molecule has 0 aromatic carbocycles. The van der Waals surface area contributed by atoms with E-state index in [2.05, 4.69) is 20.2 Å². The number of hydrogen-bond acceptors (Lipinski definition) is 5. The van der Waals surface area contributed by atoms with Crippen molar-refractivity contribution in [3.05, 3.63) is 12.5 Å². The summed E-state index contributed by atoms with van der Waals surface area (Å²) in [6, 6.07) is 0. The second kappa shape index (κ2) is 2.08. The molecular formula is C5H5N5O. The molecule has 6 heteroatoms. The Morgan fingerprint density at radius 2 is 2.45 bits per heavy atom. The van der Waals surface area contributed by atoms with Crippen LogP contribution in [0.3, 0.4) is 0 Å². The van der Waals surface area contributed by atoms with Crippen molar-refractivity contribution in [3.8, 4) is 11.7 Å². The van der Waals surface area contributed by atoms with Gasteiger partial charge in [0, 0.05) is 0 Å². The second-order valence-electron chi connectivity index (χ2n) is 1.88. The average molecular weight is 151 g/mol. The first-order valence-electron chi connectivity index (χ1n) is 2.94. The monoisotopic (exact) mass is 151 g/mol. The van der Waals surface area contributed by atoms with Crippen LogP contribution >= 0.6 is 0 Å². The molecule has 2 heterocycles. The number of rotatable bonds is 1. The fourth-order valence-corrected chi connectivity index (χ4v) is 0.711. The summed E-state index contributed by atoms with van der Waals surface area (Å²) in [6.07, 6.45) is 2.97. The first-order chi connectivity index (χ1) is 5.36. The van der Waals surface area contributed by atoms with Crippen LogP contribution in [-0.4, -0.2) is 20.2 Å². The van der Waals surface area contributed by atoms with E-state index >= 15 is 0 Å². The standard InChI is InChI=1S/C5H5N5O/c6-5-8-3(9-10-5)4-7-1-2-11-4/h1-2H,(H3,6,8,9,10). The van der Waals surface area contributed by atoms with Gasteiger partial charge >= 0.3 is 0 Å². The largest absolute Gasteiger partial charge is 0.442 e. The first kappa shape index (κ1) is 5.90. The molecule has 11 heavy (non-hydrogen) atoms. The number of aromatic amines is 1. The third-order valence-corrected chi connectivity index (χ3v) is 1.14. The summed E-state index contributed by atoms with van der Waals surface area (Å²) in [6.45, 7) is 0. The molecule has 0 atom stereocenters. The molecule has 0 saturated heterocycles. The van der Waals surface area contributed by atoms with Crippen molar-refractivity contribution in [3.63, 3.8) is 0 Å². The second-order valence-corrected chi connectivity index (χ2v) is 1.88. The average Bonchev–Trinajstić information content (AvgIpc) is 2.55. The van der Waals surface area contributed by atoms with Crippen LogP contribution in [0.25, 0.3) is 11.7 Å². The van der Waals surface area contributed by atoms with Crippen molar-refractivity contribution in [2.75, 3.05) is 5.73 Å². The molecular weight excluding hydrogens is 146 g/mol. The van der Waals surface area contributed by atoms with Crippen LogP contribution in [-0.2, 0) is 0 Å². The van der Waals surface area contributed by atoms with Gasteiger partial charge in [-0.3, -0.25) is 5.10 Å². The molecule has 0 aliphatic rings. The lowest BCUT2D eigenvalue weighted by Gasteiger charge is -1.81. The van der Waals surface area contributed by atoms with Crippen LogP contribution < -0.4 is 5.73 Å². The molecule has 0 bridgehead atoms. The Hall–Kier alpha value is -1.85. The molecule has 2 aromatic heterocycles. The zero-order valence-corrected chi connectivity index (χ0v) is 5.48. The van der Waals surface area contributed by atoms with Crippen LogP contribution in [0, 0.1) is 0 Å². The number of hydrogen-bond donors (Lipinski definition) is 2. The number of aromatic nitrogens is 4. The van der Waals surface area contributed by atoms with E-state index < -0.39 is 0 Å². The highest BCUT2D eigenvalue weighted by Gasteiger charge is 2.05. The fourth-order valence-electron chi connectivity index (χ4n) is 0.711. The number of oxazole rings is 1. The Balaban J connectivity index is 2.45. The number of anilines is 1. The van der Waals surface area contributed by atoms with Crippen LogP contribution in [0.1, 0.15) is 0 Å². The zero-order chi connectivity index (χ0) is 7.68. The molecule has 56 valence electrons. The minimum atomic E-state index is 0.179. The maximum atomic E-state index is 5.26. The zero-order valence-electron chi connectivity index (χ0n) is 5.48. The Morgan fingerprint density at radius 3 is 3.00 bits per heavy atom. The van der Waals surface area contributed by atoms with Gasteiger partial charge in [0.1, 0.15) is 6.26 Å². The topological polar surface area (TPSA) is 93.6 Å². The summed E-state index contributed by atoms with van der Waals surface area (Å²) in [7, 11) is 0. The minimum Gasteiger partial charge on any atom is -0.442 e. The fraction of sp³-hybridized carbons (Fsp3) is 0. The molecule has 2 aromatic rings. The predicted molar refractivity (Wildman–Crippen MR) is 36.3 cm³/mol. The molecule has 0 aliphatic heterocycles. The number of nitrogens with one attached hydrogen (secondary N) is 1. The predicted octanol–water partition coefficient (Wildman–Crippen LogP) is 0.0419. The van der Waals surface area contributed by atoms with Gasteiger partial charge in [-0.15, -0.1) is 5.10 Å². The summed E-state index contributed by atoms with van der Waals surface area (Å²) >= 11 is 0. The summed E-state index contributed by atoms with van der Waals surface area (Å²) in [5, 5.41) is 6.18. The maximum Gasteiger partial charge on any atom is 0.264 e. The van der Waals surface area contributed by atoms with Crippen molar-refractivity contribution in [1.82, 2.24) is 20.2 Å². The lowest BCUT2D eigenvalue weighted by atomic mass is 10.6. The maximum absolute atomic E-state index is 5.26. The highest BCUT2D eigenvalue weighted by atomic mass is 16.3. The quantitative estimate of drug-likeness (QED) is 0.600. The van der Waals surface area contributed by atoms with Crippen LogP contribution in [0.2, 0.25) is 0 Å². The van der Waals surface area contributed by atoms with E-state index in [9.17, 15) is 0 Å². The van der Waals surface area contributed by atoms with Crippen molar-refractivity contribution in [1.29, 1.82) is 0 Å². The van der Waals surface area contributed by atoms with E-state index in [1.807, 2.05) is 0 Å². The van der Waals surface area contributed by atoms with Gasteiger partial charge in [0.2, 0.25) is 11.8 Å². The van der Waals surface area contributed by atoms with Gasteiger partial charge in [-0.25, -0.2) is 4.98 Å². The highest BCUT2D eigenvalue weighted by molar-refractivity contribution is 5.41. The lowest BCUT2D eigenvalue weighted by Crippen LogP contribution is -1.85. The summed E-state index contributed by atoms with van der Waals surface area (Å²) in [5.41, 5.74) is 5.26. The van der Waals surface area contributed by atoms with Gasteiger partial charge in [-0.05, 0) is 0 Å². The molecule has 0 radical (unpaired) electrons. The molecule has 0 spiro atoms. The van der Waals surface area contributed by atoms with Crippen molar-refractivity contribution < 1.29 is 4.42 Å². The Morgan fingerprint density at radius 1 is 1.55 bits per heavy atom. The van der Waals surface area contributed by atoms with Gasteiger partial charge < -0.3 is 10.2 Å². The van der Waals surface area contributed by atoms with E-state index in [1.165, 1.54) is 12.5 Å². The number of nitrogens with two attached hydrogens (primary N) is 1. The van der Waals surface area contributed by atoms with Crippen LogP contribution in [0.4, 0.5) is 5.95 Å². The van der Waals surface area contributed by atoms with Gasteiger partial charge in [0.25, 0.3) is 5.89 Å². The Labute approximate surface area is 61.5 Å². The molecule has 0 fully saturated rings. The molecule has 3 N–H and O–H groups in total. The Kier molecular flexibility index (Phi) is 1.12. The third-order valence-electron chi connectivity index (χ3n) is 1.14. The molecule has 0 saturated carbocycles. The van der Waals surface area contributed by atoms with Gasteiger partial charge in [-0.2, -0.15) is 4.98 Å². The highest BCUT2D eigenvalue weighted by Crippen LogP contribution is 2.10. The lowest BCUT2D eigenvalue weighted by molar-refractivity contribution is 0.569. The molecule has 2 rings (SSSR count). The van der Waals surface area contributed by atoms with E-state index in [-0.39, 0.29) is 5.95 Å². The summed E-state index contributed by atoms with van der Waals surface area (Å²) in [4.78, 5) is 7.65. The molecule has 0 amide bonds. The Bertz CT molecular complexity index is 337. The van der Waals surface area contributed by atoms with E-state index in [1.54, 1.807) is 0 Å². The van der Waals surface area contributed by atoms with Crippen LogP contribution in [0.15, 0.2) is 16.9 Å². The van der Waals surface area contributed by atoms with E-state index in [0.29, 0.717) is 11.7 Å². The van der Waals surface area contributed by atoms with Gasteiger partial charge in [0.15, 0.2) is 0 Å². The van der Waals surface area contributed by atoms with Crippen LogP contribution in [0.5, 0.6) is 0 Å². The number of nitrogens with zero attached hydrogens (tertiary/aromatic N) is 3. The SMILES string of the molecule is Nc1n[nH]c(-c2ncco2)n1. The van der Waals surface area contributed by atoms with E-state index in [4.69, 9.17) is 10.2 Å². The van der Waals surface area contributed by atoms with Crippen molar-refractivity contribution in [2.45, 2.75) is 0 Å².